The lowest BCUT2D eigenvalue weighted by molar-refractivity contribution is -0.128. The molecular weight excluding hydrogens is 463 g/mol. The Bertz CT molecular complexity index is 822. The number of carbonyl (C=O) groups is 1. The molecule has 1 saturated heterocycles. The number of halogens is 1. The van der Waals surface area contributed by atoms with E-state index in [1.165, 1.54) is 22.3 Å². The van der Waals surface area contributed by atoms with Crippen molar-refractivity contribution >= 4 is 35.8 Å². The van der Waals surface area contributed by atoms with Gasteiger partial charge < -0.3 is 15.5 Å². The summed E-state index contributed by atoms with van der Waals surface area (Å²) >= 11 is 0. The van der Waals surface area contributed by atoms with Gasteiger partial charge in [-0.25, -0.2) is 0 Å². The van der Waals surface area contributed by atoms with Crippen LogP contribution in [0.1, 0.15) is 35.1 Å². The molecule has 5 nitrogen and oxygen atoms in total. The molecule has 1 aliphatic heterocycles. The molecule has 0 spiro atoms. The highest BCUT2D eigenvalue weighted by Crippen LogP contribution is 2.15. The van der Waals surface area contributed by atoms with Gasteiger partial charge in [0.2, 0.25) is 5.91 Å². The first kappa shape index (κ1) is 22.2. The minimum Gasteiger partial charge on any atom is -0.352 e. The summed E-state index contributed by atoms with van der Waals surface area (Å²) in [6.45, 7) is 5.09. The second kappa shape index (κ2) is 11.0. The third-order valence-corrected chi connectivity index (χ3v) is 4.76. The predicted octanol–water partition coefficient (Wildman–Crippen LogP) is 3.60. The molecule has 6 heteroatoms. The zero-order valence-corrected chi connectivity index (χ0v) is 18.9. The summed E-state index contributed by atoms with van der Waals surface area (Å²) in [5, 5.41) is 6.71. The Kier molecular flexibility index (Phi) is 8.76. The number of aliphatic imine (C=N–C) groups is 1. The first-order valence-electron chi connectivity index (χ1n) is 9.50. The summed E-state index contributed by atoms with van der Waals surface area (Å²) in [7, 11) is 1.78. The Morgan fingerprint density at radius 3 is 2.29 bits per heavy atom. The molecule has 2 aromatic carbocycles. The van der Waals surface area contributed by atoms with Gasteiger partial charge in [0.05, 0.1) is 0 Å². The topological polar surface area (TPSA) is 56.7 Å². The number of hydrogen-bond acceptors (Lipinski definition) is 2. The van der Waals surface area contributed by atoms with Crippen LogP contribution in [0.3, 0.4) is 0 Å². The van der Waals surface area contributed by atoms with Gasteiger partial charge in [0.25, 0.3) is 0 Å². The summed E-state index contributed by atoms with van der Waals surface area (Å²) in [6.07, 6.45) is 1.66. The third kappa shape index (κ3) is 6.51. The maximum absolute atomic E-state index is 11.8. The molecule has 3 rings (SSSR count). The lowest BCUT2D eigenvalue weighted by Gasteiger charge is -2.16. The van der Waals surface area contributed by atoms with Crippen molar-refractivity contribution in [2.75, 3.05) is 13.6 Å². The molecule has 28 heavy (non-hydrogen) atoms. The number of benzene rings is 2. The van der Waals surface area contributed by atoms with Gasteiger partial charge in [-0.05, 0) is 30.0 Å². The minimum atomic E-state index is 0. The molecule has 0 aliphatic carbocycles. The molecule has 0 unspecified atom stereocenters. The van der Waals surface area contributed by atoms with E-state index in [1.54, 1.807) is 7.05 Å². The monoisotopic (exact) mass is 492 g/mol. The van der Waals surface area contributed by atoms with E-state index >= 15 is 0 Å². The highest BCUT2D eigenvalue weighted by Gasteiger charge is 2.19. The zero-order chi connectivity index (χ0) is 19.1. The molecule has 0 aromatic heterocycles. The second-order valence-electron chi connectivity index (χ2n) is 7.01. The lowest BCUT2D eigenvalue weighted by atomic mass is 10.1. The van der Waals surface area contributed by atoms with Crippen LogP contribution in [0.15, 0.2) is 53.5 Å². The van der Waals surface area contributed by atoms with Crippen molar-refractivity contribution in [2.24, 2.45) is 4.99 Å². The van der Waals surface area contributed by atoms with E-state index in [-0.39, 0.29) is 29.9 Å². The van der Waals surface area contributed by atoms with Gasteiger partial charge >= 0.3 is 0 Å². The molecule has 2 aromatic rings. The predicted molar refractivity (Wildman–Crippen MR) is 125 cm³/mol. The van der Waals surface area contributed by atoms with Crippen molar-refractivity contribution in [2.45, 2.75) is 39.4 Å². The molecule has 1 fully saturated rings. The summed E-state index contributed by atoms with van der Waals surface area (Å²) in [6, 6.07) is 16.8. The van der Waals surface area contributed by atoms with E-state index in [0.717, 1.165) is 25.5 Å². The van der Waals surface area contributed by atoms with Crippen molar-refractivity contribution in [1.82, 2.24) is 15.5 Å². The SMILES string of the molecule is CN=C(NCc1cccc(C)c1)NCc1cccc(CN2CCCC2=O)c1.I. The zero-order valence-electron chi connectivity index (χ0n) is 16.6. The fraction of sp³-hybridized carbons (Fsp3) is 0.364. The van der Waals surface area contributed by atoms with Crippen LogP contribution in [0.25, 0.3) is 0 Å². The van der Waals surface area contributed by atoms with Gasteiger partial charge in [-0.3, -0.25) is 9.79 Å². The van der Waals surface area contributed by atoms with Gasteiger partial charge in [0.1, 0.15) is 0 Å². The average Bonchev–Trinajstić information content (AvgIpc) is 3.07. The standard InChI is InChI=1S/C22H28N4O.HI/c1-17-6-3-7-18(12-17)14-24-22(23-2)25-15-19-8-4-9-20(13-19)16-26-11-5-10-21(26)27;/h3-4,6-9,12-13H,5,10-11,14-16H2,1-2H3,(H2,23,24,25);1H. The van der Waals surface area contributed by atoms with E-state index in [4.69, 9.17) is 0 Å². The number of hydrogen-bond donors (Lipinski definition) is 2. The van der Waals surface area contributed by atoms with Crippen LogP contribution in [0, 0.1) is 6.92 Å². The molecule has 1 aliphatic rings. The normalized spacial score (nSPS) is 14.0. The molecule has 0 saturated carbocycles. The largest absolute Gasteiger partial charge is 0.352 e. The summed E-state index contributed by atoms with van der Waals surface area (Å²) in [5.74, 6) is 1.04. The Morgan fingerprint density at radius 2 is 1.68 bits per heavy atom. The average molecular weight is 492 g/mol. The van der Waals surface area contributed by atoms with Gasteiger partial charge in [-0.1, -0.05) is 54.1 Å². The van der Waals surface area contributed by atoms with Crippen LogP contribution in [0.4, 0.5) is 0 Å². The molecule has 150 valence electrons. The van der Waals surface area contributed by atoms with Crippen LogP contribution >= 0.6 is 24.0 Å². The Labute approximate surface area is 184 Å². The Hall–Kier alpha value is -2.09. The maximum atomic E-state index is 11.8. The fourth-order valence-electron chi connectivity index (χ4n) is 3.34. The van der Waals surface area contributed by atoms with E-state index in [0.29, 0.717) is 19.5 Å². The first-order valence-corrected chi connectivity index (χ1v) is 9.50. The first-order chi connectivity index (χ1) is 13.1. The smallest absolute Gasteiger partial charge is 0.222 e. The number of amides is 1. The van der Waals surface area contributed by atoms with Crippen molar-refractivity contribution < 1.29 is 4.79 Å². The highest BCUT2D eigenvalue weighted by molar-refractivity contribution is 14.0. The summed E-state index contributed by atoms with van der Waals surface area (Å²) < 4.78 is 0. The highest BCUT2D eigenvalue weighted by atomic mass is 127. The van der Waals surface area contributed by atoms with Crippen LogP contribution in [0.5, 0.6) is 0 Å². The van der Waals surface area contributed by atoms with Crippen molar-refractivity contribution in [1.29, 1.82) is 0 Å². The molecule has 2 N–H and O–H groups in total. The lowest BCUT2D eigenvalue weighted by Crippen LogP contribution is -2.36. The number of likely N-dealkylation sites (tertiary alicyclic amines) is 1. The van der Waals surface area contributed by atoms with Gasteiger partial charge in [0, 0.05) is 39.6 Å². The van der Waals surface area contributed by atoms with Gasteiger partial charge in [0.15, 0.2) is 5.96 Å². The van der Waals surface area contributed by atoms with E-state index < -0.39 is 0 Å². The Morgan fingerprint density at radius 1 is 1.04 bits per heavy atom. The van der Waals surface area contributed by atoms with Crippen LogP contribution in [0.2, 0.25) is 0 Å². The molecule has 1 amide bonds. The van der Waals surface area contributed by atoms with Crippen LogP contribution in [-0.4, -0.2) is 30.4 Å². The van der Waals surface area contributed by atoms with E-state index in [1.807, 2.05) is 4.90 Å². The quantitative estimate of drug-likeness (QED) is 0.368. The second-order valence-corrected chi connectivity index (χ2v) is 7.01. The number of aryl methyl sites for hydroxylation is 1. The van der Waals surface area contributed by atoms with Gasteiger partial charge in [-0.15, -0.1) is 24.0 Å². The molecular formula is C22H29IN4O. The minimum absolute atomic E-state index is 0. The molecule has 0 atom stereocenters. The van der Waals surface area contributed by atoms with E-state index in [9.17, 15) is 4.79 Å². The van der Waals surface area contributed by atoms with Crippen LogP contribution < -0.4 is 10.6 Å². The fourth-order valence-corrected chi connectivity index (χ4v) is 3.34. The van der Waals surface area contributed by atoms with Crippen LogP contribution in [-0.2, 0) is 24.4 Å². The number of nitrogens with zero attached hydrogens (tertiary/aromatic N) is 2. The Balaban J connectivity index is 0.00000280. The molecule has 0 radical (unpaired) electrons. The van der Waals surface area contributed by atoms with Crippen molar-refractivity contribution in [3.05, 3.63) is 70.8 Å². The summed E-state index contributed by atoms with van der Waals surface area (Å²) in [5.41, 5.74) is 4.84. The number of nitrogens with one attached hydrogen (secondary N) is 2. The third-order valence-electron chi connectivity index (χ3n) is 4.76. The summed E-state index contributed by atoms with van der Waals surface area (Å²) in [4.78, 5) is 18.1. The van der Waals surface area contributed by atoms with E-state index in [2.05, 4.69) is 71.1 Å². The number of carbonyl (C=O) groups excluding carboxylic acids is 1. The number of rotatable bonds is 6. The molecule has 0 bridgehead atoms. The molecule has 1 heterocycles. The van der Waals surface area contributed by atoms with Gasteiger partial charge in [-0.2, -0.15) is 0 Å². The number of guanidine groups is 1. The van der Waals surface area contributed by atoms with Crippen molar-refractivity contribution in [3.8, 4) is 0 Å². The van der Waals surface area contributed by atoms with Crippen molar-refractivity contribution in [3.63, 3.8) is 0 Å². The maximum Gasteiger partial charge on any atom is 0.222 e.